The lowest BCUT2D eigenvalue weighted by molar-refractivity contribution is -0.140. The number of benzene rings is 2. The van der Waals surface area contributed by atoms with E-state index in [0.717, 1.165) is 24.2 Å². The van der Waals surface area contributed by atoms with Gasteiger partial charge in [0.2, 0.25) is 0 Å². The van der Waals surface area contributed by atoms with Gasteiger partial charge in [-0.25, -0.2) is 0 Å². The summed E-state index contributed by atoms with van der Waals surface area (Å²) in [5, 5.41) is 11.2. The van der Waals surface area contributed by atoms with E-state index in [2.05, 4.69) is 39.5 Å². The molecule has 176 valence electrons. The minimum atomic E-state index is -0.627. The van der Waals surface area contributed by atoms with Crippen molar-refractivity contribution in [1.82, 2.24) is 9.80 Å². The van der Waals surface area contributed by atoms with Gasteiger partial charge in [-0.3, -0.25) is 9.59 Å². The molecular weight excluding hydrogens is 412 g/mol. The molecule has 1 heterocycles. The van der Waals surface area contributed by atoms with Gasteiger partial charge < -0.3 is 14.9 Å². The fraction of sp³-hybridized carbons (Fsp3) is 0.429. The number of hydrogen-bond donors (Lipinski definition) is 1. The first-order valence-corrected chi connectivity index (χ1v) is 11.8. The zero-order chi connectivity index (χ0) is 24.3. The van der Waals surface area contributed by atoms with Gasteiger partial charge in [-0.2, -0.15) is 0 Å². The van der Waals surface area contributed by atoms with Gasteiger partial charge in [-0.1, -0.05) is 88.7 Å². The number of aryl methyl sites for hydroxylation is 1. The van der Waals surface area contributed by atoms with Crippen LogP contribution in [-0.4, -0.2) is 52.8 Å². The number of likely N-dealkylation sites (N-methyl/N-ethyl adjacent to an activating group) is 1. The third-order valence-corrected chi connectivity index (χ3v) is 6.51. The minimum absolute atomic E-state index is 0.00894. The first kappa shape index (κ1) is 24.7. The van der Waals surface area contributed by atoms with Crippen LogP contribution >= 0.6 is 0 Å². The number of rotatable bonds is 7. The standard InChI is InChI=1S/C28H36N2O3/c1-7-29(8-2)17-18-30-24(20-13-15-22(16-14-20)28(4,5)6)23(26(32)27(30)33)25(31)21-11-9-19(3)10-12-21/h9-16,24,31H,7-8,17-18H2,1-6H3/b25-23+/t24-/m1/s1. The van der Waals surface area contributed by atoms with E-state index in [1.807, 2.05) is 43.3 Å². The fourth-order valence-corrected chi connectivity index (χ4v) is 4.28. The Morgan fingerprint density at radius 2 is 1.55 bits per heavy atom. The van der Waals surface area contributed by atoms with Crippen LogP contribution in [0.4, 0.5) is 0 Å². The molecule has 5 nitrogen and oxygen atoms in total. The van der Waals surface area contributed by atoms with E-state index in [0.29, 0.717) is 18.7 Å². The monoisotopic (exact) mass is 448 g/mol. The van der Waals surface area contributed by atoms with Crippen LogP contribution in [0.25, 0.3) is 5.76 Å². The van der Waals surface area contributed by atoms with Gasteiger partial charge in [0, 0.05) is 18.7 Å². The van der Waals surface area contributed by atoms with E-state index in [1.165, 1.54) is 5.56 Å². The summed E-state index contributed by atoms with van der Waals surface area (Å²) in [5.41, 5.74) is 3.75. The van der Waals surface area contributed by atoms with Gasteiger partial charge >= 0.3 is 0 Å². The Kier molecular flexibility index (Phi) is 7.43. The molecule has 2 aromatic carbocycles. The summed E-state index contributed by atoms with van der Waals surface area (Å²) in [4.78, 5) is 30.1. The molecule has 0 bridgehead atoms. The second-order valence-electron chi connectivity index (χ2n) is 9.76. The van der Waals surface area contributed by atoms with Crippen LogP contribution in [0.1, 0.15) is 62.9 Å². The zero-order valence-electron chi connectivity index (χ0n) is 20.7. The van der Waals surface area contributed by atoms with E-state index in [1.54, 1.807) is 17.0 Å². The molecule has 1 aliphatic heterocycles. The van der Waals surface area contributed by atoms with Crippen LogP contribution in [0.3, 0.4) is 0 Å². The second kappa shape index (κ2) is 9.92. The number of aliphatic hydroxyl groups is 1. The number of likely N-dealkylation sites (tertiary alicyclic amines) is 1. The van der Waals surface area contributed by atoms with Crippen molar-refractivity contribution in [3.05, 3.63) is 76.4 Å². The lowest BCUT2D eigenvalue weighted by atomic mass is 9.85. The topological polar surface area (TPSA) is 60.9 Å². The molecule has 33 heavy (non-hydrogen) atoms. The average Bonchev–Trinajstić information content (AvgIpc) is 3.04. The average molecular weight is 449 g/mol. The number of aliphatic hydroxyl groups excluding tert-OH is 1. The number of amides is 1. The molecule has 3 rings (SSSR count). The fourth-order valence-electron chi connectivity index (χ4n) is 4.28. The Hall–Kier alpha value is -2.92. The molecular formula is C28H36N2O3. The Morgan fingerprint density at radius 1 is 0.970 bits per heavy atom. The summed E-state index contributed by atoms with van der Waals surface area (Å²) < 4.78 is 0. The molecule has 1 amide bonds. The molecule has 2 aromatic rings. The SMILES string of the molecule is CCN(CC)CCN1C(=O)C(=O)/C(=C(/O)c2ccc(C)cc2)[C@H]1c1ccc(C(C)(C)C)cc1. The first-order valence-electron chi connectivity index (χ1n) is 11.8. The Bertz CT molecular complexity index is 1030. The Balaban J connectivity index is 2.10. The van der Waals surface area contributed by atoms with E-state index in [9.17, 15) is 14.7 Å². The number of nitrogens with zero attached hydrogens (tertiary/aromatic N) is 2. The summed E-state index contributed by atoms with van der Waals surface area (Å²) in [6, 6.07) is 14.8. The van der Waals surface area contributed by atoms with Gasteiger partial charge in [-0.05, 0) is 36.6 Å². The maximum Gasteiger partial charge on any atom is 0.295 e. The molecule has 0 saturated carbocycles. The summed E-state index contributed by atoms with van der Waals surface area (Å²) in [6.45, 7) is 15.4. The summed E-state index contributed by atoms with van der Waals surface area (Å²) in [7, 11) is 0. The maximum atomic E-state index is 13.2. The van der Waals surface area contributed by atoms with Crippen molar-refractivity contribution in [3.63, 3.8) is 0 Å². The highest BCUT2D eigenvalue weighted by molar-refractivity contribution is 6.46. The normalized spacial score (nSPS) is 18.4. The summed E-state index contributed by atoms with van der Waals surface area (Å²) >= 11 is 0. The van der Waals surface area contributed by atoms with Crippen molar-refractivity contribution in [2.24, 2.45) is 0 Å². The predicted molar refractivity (Wildman–Crippen MR) is 133 cm³/mol. The van der Waals surface area contributed by atoms with Crippen LogP contribution in [0, 0.1) is 6.92 Å². The number of hydrogen-bond acceptors (Lipinski definition) is 4. The minimum Gasteiger partial charge on any atom is -0.507 e. The molecule has 0 spiro atoms. The van der Waals surface area contributed by atoms with E-state index < -0.39 is 17.7 Å². The van der Waals surface area contributed by atoms with E-state index >= 15 is 0 Å². The first-order chi connectivity index (χ1) is 15.6. The van der Waals surface area contributed by atoms with Crippen molar-refractivity contribution < 1.29 is 14.7 Å². The van der Waals surface area contributed by atoms with Crippen LogP contribution in [0.5, 0.6) is 0 Å². The largest absolute Gasteiger partial charge is 0.507 e. The number of Topliss-reactive ketones (excluding diaryl/α,β-unsaturated/α-hetero) is 1. The highest BCUT2D eigenvalue weighted by Gasteiger charge is 2.46. The second-order valence-corrected chi connectivity index (χ2v) is 9.76. The molecule has 1 aliphatic rings. The van der Waals surface area contributed by atoms with Crippen LogP contribution < -0.4 is 0 Å². The van der Waals surface area contributed by atoms with Crippen LogP contribution in [0.2, 0.25) is 0 Å². The Morgan fingerprint density at radius 3 is 2.06 bits per heavy atom. The summed E-state index contributed by atoms with van der Waals surface area (Å²) in [6.07, 6.45) is 0. The highest BCUT2D eigenvalue weighted by Crippen LogP contribution is 2.39. The van der Waals surface area contributed by atoms with E-state index in [4.69, 9.17) is 0 Å². The van der Waals surface area contributed by atoms with Gasteiger partial charge in [0.25, 0.3) is 11.7 Å². The van der Waals surface area contributed by atoms with Crippen LogP contribution in [-0.2, 0) is 15.0 Å². The predicted octanol–water partition coefficient (Wildman–Crippen LogP) is 5.06. The molecule has 1 fully saturated rings. The molecule has 1 atom stereocenters. The number of ketones is 1. The van der Waals surface area contributed by atoms with Crippen molar-refractivity contribution in [2.75, 3.05) is 26.2 Å². The third-order valence-electron chi connectivity index (χ3n) is 6.51. The highest BCUT2D eigenvalue weighted by atomic mass is 16.3. The quantitative estimate of drug-likeness (QED) is 0.366. The van der Waals surface area contributed by atoms with Gasteiger partial charge in [0.15, 0.2) is 0 Å². The number of carbonyl (C=O) groups is 2. The van der Waals surface area contributed by atoms with Gasteiger partial charge in [-0.15, -0.1) is 0 Å². The lowest BCUT2D eigenvalue weighted by Gasteiger charge is -2.28. The Labute approximate surface area is 197 Å². The molecule has 1 saturated heterocycles. The van der Waals surface area contributed by atoms with Crippen LogP contribution in [0.15, 0.2) is 54.1 Å². The third kappa shape index (κ3) is 5.19. The van der Waals surface area contributed by atoms with Crippen molar-refractivity contribution in [2.45, 2.75) is 53.0 Å². The molecule has 0 aliphatic carbocycles. The molecule has 0 unspecified atom stereocenters. The molecule has 5 heteroatoms. The zero-order valence-corrected chi connectivity index (χ0v) is 20.7. The molecule has 1 N–H and O–H groups in total. The van der Waals surface area contributed by atoms with Gasteiger partial charge in [0.05, 0.1) is 11.6 Å². The molecule has 0 aromatic heterocycles. The lowest BCUT2D eigenvalue weighted by Crippen LogP contribution is -2.38. The van der Waals surface area contributed by atoms with Gasteiger partial charge in [0.1, 0.15) is 5.76 Å². The summed E-state index contributed by atoms with van der Waals surface area (Å²) in [5.74, 6) is -1.30. The molecule has 0 radical (unpaired) electrons. The van der Waals surface area contributed by atoms with Crippen molar-refractivity contribution >= 4 is 17.4 Å². The van der Waals surface area contributed by atoms with Crippen molar-refractivity contribution in [1.29, 1.82) is 0 Å². The van der Waals surface area contributed by atoms with Crippen molar-refractivity contribution in [3.8, 4) is 0 Å². The van der Waals surface area contributed by atoms with E-state index in [-0.39, 0.29) is 16.7 Å². The number of carbonyl (C=O) groups excluding carboxylic acids is 2. The maximum absolute atomic E-state index is 13.2. The smallest absolute Gasteiger partial charge is 0.295 e.